The van der Waals surface area contributed by atoms with Gasteiger partial charge in [-0.25, -0.2) is 4.79 Å². The molecule has 0 saturated carbocycles. The fourth-order valence-electron chi connectivity index (χ4n) is 4.79. The minimum Gasteiger partial charge on any atom is -0.489 e. The molecular formula is C26H25NO5. The van der Waals surface area contributed by atoms with Crippen molar-refractivity contribution in [3.05, 3.63) is 81.1 Å². The Bertz CT molecular complexity index is 1260. The van der Waals surface area contributed by atoms with E-state index in [1.54, 1.807) is 0 Å². The van der Waals surface area contributed by atoms with Crippen LogP contribution in [-0.2, 0) is 19.4 Å². The molecule has 6 heteroatoms. The van der Waals surface area contributed by atoms with Crippen LogP contribution in [0.25, 0.3) is 11.3 Å². The fraction of sp³-hybridized carbons (Fsp3) is 0.308. The highest BCUT2D eigenvalue weighted by Gasteiger charge is 2.33. The van der Waals surface area contributed by atoms with Crippen molar-refractivity contribution < 1.29 is 19.4 Å². The number of pyridine rings is 1. The van der Waals surface area contributed by atoms with Gasteiger partial charge in [-0.3, -0.25) is 4.79 Å². The van der Waals surface area contributed by atoms with Crippen LogP contribution >= 0.6 is 0 Å². The van der Waals surface area contributed by atoms with E-state index in [-0.39, 0.29) is 17.5 Å². The first-order valence-corrected chi connectivity index (χ1v) is 10.9. The van der Waals surface area contributed by atoms with Gasteiger partial charge in [-0.1, -0.05) is 44.2 Å². The van der Waals surface area contributed by atoms with E-state index in [0.29, 0.717) is 13.2 Å². The first kappa shape index (κ1) is 20.4. The van der Waals surface area contributed by atoms with Crippen molar-refractivity contribution in [1.82, 2.24) is 4.57 Å². The van der Waals surface area contributed by atoms with Gasteiger partial charge in [0.2, 0.25) is 0 Å². The van der Waals surface area contributed by atoms with Crippen LogP contribution < -0.4 is 14.9 Å². The molecule has 2 aromatic carbocycles. The van der Waals surface area contributed by atoms with E-state index >= 15 is 0 Å². The predicted molar refractivity (Wildman–Crippen MR) is 121 cm³/mol. The molecule has 6 nitrogen and oxygen atoms in total. The number of carboxylic acid groups (broad SMARTS) is 1. The highest BCUT2D eigenvalue weighted by molar-refractivity contribution is 5.88. The maximum absolute atomic E-state index is 12.6. The van der Waals surface area contributed by atoms with Crippen molar-refractivity contribution in [3.8, 4) is 22.8 Å². The Morgan fingerprint density at radius 1 is 1.25 bits per heavy atom. The summed E-state index contributed by atoms with van der Waals surface area (Å²) in [5.74, 6) is 0.505. The van der Waals surface area contributed by atoms with Gasteiger partial charge in [0.05, 0.1) is 12.3 Å². The van der Waals surface area contributed by atoms with Gasteiger partial charge in [0.25, 0.3) is 0 Å². The first-order valence-electron chi connectivity index (χ1n) is 10.9. The number of nitrogens with zero attached hydrogens (tertiary/aromatic N) is 1. The van der Waals surface area contributed by atoms with E-state index < -0.39 is 11.4 Å². The van der Waals surface area contributed by atoms with Crippen LogP contribution in [0.4, 0.5) is 0 Å². The molecule has 32 heavy (non-hydrogen) atoms. The Morgan fingerprint density at radius 2 is 2.03 bits per heavy atom. The smallest absolute Gasteiger partial charge is 0.341 e. The van der Waals surface area contributed by atoms with Crippen LogP contribution in [0.1, 0.15) is 46.9 Å². The molecule has 164 valence electrons. The lowest BCUT2D eigenvalue weighted by Crippen LogP contribution is -2.28. The van der Waals surface area contributed by atoms with Gasteiger partial charge in [0, 0.05) is 35.9 Å². The molecule has 5 rings (SSSR count). The Hall–Kier alpha value is -3.54. The molecule has 1 unspecified atom stereocenters. The maximum Gasteiger partial charge on any atom is 0.341 e. The molecule has 0 fully saturated rings. The monoisotopic (exact) mass is 431 g/mol. The zero-order valence-electron chi connectivity index (χ0n) is 18.1. The average molecular weight is 431 g/mol. The van der Waals surface area contributed by atoms with Crippen LogP contribution in [0, 0.1) is 5.92 Å². The summed E-state index contributed by atoms with van der Waals surface area (Å²) in [4.78, 5) is 24.2. The van der Waals surface area contributed by atoms with Gasteiger partial charge in [0.1, 0.15) is 12.2 Å². The normalized spacial score (nSPS) is 16.2. The van der Waals surface area contributed by atoms with Crippen LogP contribution in [-0.4, -0.2) is 22.2 Å². The van der Waals surface area contributed by atoms with Crippen LogP contribution in [0.2, 0.25) is 0 Å². The van der Waals surface area contributed by atoms with E-state index in [1.807, 2.05) is 41.0 Å². The number of rotatable bonds is 5. The summed E-state index contributed by atoms with van der Waals surface area (Å²) in [7, 11) is 0. The first-order chi connectivity index (χ1) is 15.4. The summed E-state index contributed by atoms with van der Waals surface area (Å²) in [6.45, 7) is 5.22. The minimum atomic E-state index is -1.20. The van der Waals surface area contributed by atoms with Crippen molar-refractivity contribution in [2.75, 3.05) is 6.61 Å². The number of aromatic carboxylic acids is 1. The molecule has 1 aromatic heterocycles. The van der Waals surface area contributed by atoms with Crippen LogP contribution in [0.5, 0.6) is 11.5 Å². The Kier molecular flexibility index (Phi) is 5.00. The molecule has 3 heterocycles. The molecule has 1 atom stereocenters. The molecule has 2 aliphatic rings. The summed E-state index contributed by atoms with van der Waals surface area (Å²) in [5, 5.41) is 9.48. The topological polar surface area (TPSA) is 77.8 Å². The molecule has 3 aromatic rings. The number of carboxylic acids is 1. The van der Waals surface area contributed by atoms with Gasteiger partial charge in [-0.05, 0) is 29.5 Å². The number of fused-ring (bicyclic) bond motifs is 5. The Morgan fingerprint density at radius 3 is 2.75 bits per heavy atom. The lowest BCUT2D eigenvalue weighted by Gasteiger charge is -2.34. The van der Waals surface area contributed by atoms with Gasteiger partial charge >= 0.3 is 5.97 Å². The van der Waals surface area contributed by atoms with Gasteiger partial charge in [-0.15, -0.1) is 0 Å². The molecular weight excluding hydrogens is 406 g/mol. The Labute approximate surface area is 186 Å². The van der Waals surface area contributed by atoms with E-state index in [4.69, 9.17) is 9.47 Å². The third-order valence-electron chi connectivity index (χ3n) is 6.38. The molecule has 0 aliphatic carbocycles. The molecule has 0 saturated heterocycles. The zero-order valence-corrected chi connectivity index (χ0v) is 18.1. The second-order valence-corrected chi connectivity index (χ2v) is 8.75. The average Bonchev–Trinajstić information content (AvgIpc) is 3.26. The van der Waals surface area contributed by atoms with Crippen molar-refractivity contribution in [2.45, 2.75) is 39.3 Å². The van der Waals surface area contributed by atoms with Crippen molar-refractivity contribution in [2.24, 2.45) is 5.92 Å². The summed E-state index contributed by atoms with van der Waals surface area (Å²) < 4.78 is 14.1. The molecule has 0 radical (unpaired) electrons. The molecule has 2 aliphatic heterocycles. The number of hydrogen-bond acceptors (Lipinski definition) is 4. The molecule has 0 spiro atoms. The lowest BCUT2D eigenvalue weighted by atomic mass is 9.84. The van der Waals surface area contributed by atoms with Gasteiger partial charge in [0.15, 0.2) is 16.9 Å². The third kappa shape index (κ3) is 3.36. The van der Waals surface area contributed by atoms with Gasteiger partial charge < -0.3 is 19.1 Å². The largest absolute Gasteiger partial charge is 0.489 e. The minimum absolute atomic E-state index is 0.0403. The summed E-state index contributed by atoms with van der Waals surface area (Å²) in [5.41, 5.74) is 4.29. The quantitative estimate of drug-likeness (QED) is 0.645. The highest BCUT2D eigenvalue weighted by atomic mass is 16.5. The summed E-state index contributed by atoms with van der Waals surface area (Å²) in [6.07, 6.45) is 2.97. The molecule has 1 N–H and O–H groups in total. The van der Waals surface area contributed by atoms with Crippen molar-refractivity contribution in [3.63, 3.8) is 0 Å². The Balaban J connectivity index is 1.65. The number of carbonyl (C=O) groups is 1. The summed E-state index contributed by atoms with van der Waals surface area (Å²) in [6, 6.07) is 13.5. The SMILES string of the molecule is CC(C)C1Cc2cc(OCc3ccccc3)c3c(c2-c2cc(=O)c(C(=O)O)cn21)CCO3. The van der Waals surface area contributed by atoms with E-state index in [0.717, 1.165) is 52.3 Å². The molecule has 0 bridgehead atoms. The van der Waals surface area contributed by atoms with Crippen molar-refractivity contribution in [1.29, 1.82) is 0 Å². The second kappa shape index (κ2) is 7.86. The maximum atomic E-state index is 12.6. The van der Waals surface area contributed by atoms with Crippen LogP contribution in [0.3, 0.4) is 0 Å². The van der Waals surface area contributed by atoms with E-state index in [1.165, 1.54) is 12.3 Å². The third-order valence-corrected chi connectivity index (χ3v) is 6.38. The highest BCUT2D eigenvalue weighted by Crippen LogP contribution is 2.48. The number of aromatic nitrogens is 1. The number of ether oxygens (including phenoxy) is 2. The standard InChI is InChI=1S/C26H25NO5/c1-15(2)20-10-17-11-23(32-14-16-6-4-3-5-7-16)25-18(8-9-31-25)24(17)21-12-22(28)19(26(29)30)13-27(20)21/h3-7,11-13,15,20H,8-10,14H2,1-2H3,(H,29,30). The predicted octanol–water partition coefficient (Wildman–Crippen LogP) is 4.48. The lowest BCUT2D eigenvalue weighted by molar-refractivity contribution is 0.0694. The van der Waals surface area contributed by atoms with Crippen LogP contribution in [0.15, 0.2) is 53.5 Å². The molecule has 0 amide bonds. The zero-order chi connectivity index (χ0) is 22.4. The fourth-order valence-corrected chi connectivity index (χ4v) is 4.79. The number of hydrogen-bond donors (Lipinski definition) is 1. The number of benzene rings is 2. The summed E-state index contributed by atoms with van der Waals surface area (Å²) >= 11 is 0. The van der Waals surface area contributed by atoms with Crippen molar-refractivity contribution >= 4 is 5.97 Å². The van der Waals surface area contributed by atoms with Gasteiger partial charge in [-0.2, -0.15) is 0 Å². The second-order valence-electron chi connectivity index (χ2n) is 8.75. The van der Waals surface area contributed by atoms with E-state index in [2.05, 4.69) is 13.8 Å². The van der Waals surface area contributed by atoms with E-state index in [9.17, 15) is 14.7 Å².